The van der Waals surface area contributed by atoms with Crippen molar-refractivity contribution in [1.29, 1.82) is 0 Å². The predicted molar refractivity (Wildman–Crippen MR) is 72.3 cm³/mol. The number of ether oxygens (including phenoxy) is 2. The maximum Gasteiger partial charge on any atom is 0.276 e. The van der Waals surface area contributed by atoms with Gasteiger partial charge in [-0.3, -0.25) is 10.1 Å². The van der Waals surface area contributed by atoms with Gasteiger partial charge in [-0.25, -0.2) is 0 Å². The summed E-state index contributed by atoms with van der Waals surface area (Å²) in [5, 5.41) is 11.1. The number of benzene rings is 1. The second kappa shape index (κ2) is 5.65. The number of rotatable bonds is 6. The van der Waals surface area contributed by atoms with E-state index in [4.69, 9.17) is 21.1 Å². The first-order valence-electron chi connectivity index (χ1n) is 6.10. The first kappa shape index (κ1) is 13.9. The zero-order valence-electron chi connectivity index (χ0n) is 10.9. The minimum atomic E-state index is -0.409. The number of methoxy groups -OCH3 is 2. The molecule has 0 aliphatic heterocycles. The molecule has 19 heavy (non-hydrogen) atoms. The van der Waals surface area contributed by atoms with Crippen molar-refractivity contribution >= 4 is 17.3 Å². The van der Waals surface area contributed by atoms with Gasteiger partial charge in [0.2, 0.25) is 0 Å². The van der Waals surface area contributed by atoms with Gasteiger partial charge in [-0.1, -0.05) is 0 Å². The Hall–Kier alpha value is -1.49. The van der Waals surface area contributed by atoms with E-state index in [1.54, 1.807) is 6.07 Å². The summed E-state index contributed by atoms with van der Waals surface area (Å²) >= 11 is 6.26. The summed E-state index contributed by atoms with van der Waals surface area (Å²) < 4.78 is 10.3. The van der Waals surface area contributed by atoms with Gasteiger partial charge in [0.05, 0.1) is 25.2 Å². The molecule has 1 aromatic carbocycles. The van der Waals surface area contributed by atoms with Crippen molar-refractivity contribution in [2.24, 2.45) is 5.92 Å². The van der Waals surface area contributed by atoms with E-state index in [2.05, 4.69) is 0 Å². The number of alkyl halides is 1. The topological polar surface area (TPSA) is 61.6 Å². The lowest BCUT2D eigenvalue weighted by Crippen LogP contribution is -2.08. The smallest absolute Gasteiger partial charge is 0.276 e. The Kier molecular flexibility index (Phi) is 4.14. The first-order chi connectivity index (χ1) is 9.06. The molecular formula is C13H16ClNO4. The normalized spacial score (nSPS) is 15.9. The largest absolute Gasteiger partial charge is 0.493 e. The molecule has 1 aliphatic rings. The average molecular weight is 286 g/mol. The maximum atomic E-state index is 11.1. The van der Waals surface area contributed by atoms with Gasteiger partial charge in [-0.05, 0) is 31.2 Å². The Balaban J connectivity index is 2.35. The van der Waals surface area contributed by atoms with Crippen LogP contribution in [0.3, 0.4) is 0 Å². The van der Waals surface area contributed by atoms with Crippen LogP contribution >= 0.6 is 11.6 Å². The van der Waals surface area contributed by atoms with Gasteiger partial charge in [-0.15, -0.1) is 11.6 Å². The highest BCUT2D eigenvalue weighted by Gasteiger charge is 2.32. The van der Waals surface area contributed by atoms with E-state index in [-0.39, 0.29) is 11.1 Å². The number of hydrogen-bond donors (Lipinski definition) is 0. The third kappa shape index (κ3) is 3.10. The molecule has 6 heteroatoms. The van der Waals surface area contributed by atoms with Crippen LogP contribution < -0.4 is 9.47 Å². The van der Waals surface area contributed by atoms with E-state index < -0.39 is 4.92 Å². The summed E-state index contributed by atoms with van der Waals surface area (Å²) in [6.45, 7) is 0. The maximum absolute atomic E-state index is 11.1. The second-order valence-electron chi connectivity index (χ2n) is 4.65. The van der Waals surface area contributed by atoms with Crippen molar-refractivity contribution in [1.82, 2.24) is 0 Å². The number of halogens is 1. The van der Waals surface area contributed by atoms with E-state index in [1.807, 2.05) is 0 Å². The summed E-state index contributed by atoms with van der Waals surface area (Å²) in [5.41, 5.74) is 0.624. The van der Waals surface area contributed by atoms with Crippen LogP contribution in [0.4, 0.5) is 5.69 Å². The standard InChI is InChI=1S/C13H16ClNO4/c1-18-12-6-9(5-10(14)8-3-4-8)11(15(16)17)7-13(12)19-2/h6-8,10H,3-5H2,1-2H3. The van der Waals surface area contributed by atoms with Crippen LogP contribution in [0.15, 0.2) is 12.1 Å². The Bertz CT molecular complexity index is 488. The number of nitro groups is 1. The minimum absolute atomic E-state index is 0.0314. The molecule has 1 unspecified atom stereocenters. The lowest BCUT2D eigenvalue weighted by molar-refractivity contribution is -0.385. The molecule has 1 aromatic rings. The molecule has 0 spiro atoms. The van der Waals surface area contributed by atoms with E-state index in [1.165, 1.54) is 20.3 Å². The van der Waals surface area contributed by atoms with E-state index in [9.17, 15) is 10.1 Å². The fraction of sp³-hybridized carbons (Fsp3) is 0.538. The zero-order valence-corrected chi connectivity index (χ0v) is 11.6. The second-order valence-corrected chi connectivity index (χ2v) is 5.21. The predicted octanol–water partition coefficient (Wildman–Crippen LogP) is 3.17. The summed E-state index contributed by atoms with van der Waals surface area (Å²) in [6, 6.07) is 3.04. The molecular weight excluding hydrogens is 270 g/mol. The van der Waals surface area contributed by atoms with Crippen molar-refractivity contribution < 1.29 is 14.4 Å². The highest BCUT2D eigenvalue weighted by molar-refractivity contribution is 6.21. The fourth-order valence-corrected chi connectivity index (χ4v) is 2.50. The Morgan fingerprint density at radius 1 is 1.37 bits per heavy atom. The molecule has 0 saturated heterocycles. The molecule has 1 aliphatic carbocycles. The molecule has 1 atom stereocenters. The van der Waals surface area contributed by atoms with Gasteiger partial charge >= 0.3 is 0 Å². The molecule has 0 radical (unpaired) electrons. The molecule has 0 N–H and O–H groups in total. The van der Waals surface area contributed by atoms with Gasteiger partial charge in [-0.2, -0.15) is 0 Å². The highest BCUT2D eigenvalue weighted by Crippen LogP contribution is 2.40. The lowest BCUT2D eigenvalue weighted by Gasteiger charge is -2.12. The van der Waals surface area contributed by atoms with Crippen molar-refractivity contribution in [3.05, 3.63) is 27.8 Å². The number of nitrogens with zero attached hydrogens (tertiary/aromatic N) is 1. The zero-order chi connectivity index (χ0) is 14.0. The average Bonchev–Trinajstić information content (AvgIpc) is 3.22. The van der Waals surface area contributed by atoms with Crippen LogP contribution in [0.5, 0.6) is 11.5 Å². The van der Waals surface area contributed by atoms with E-state index in [0.29, 0.717) is 29.4 Å². The van der Waals surface area contributed by atoms with Gasteiger partial charge in [0.25, 0.3) is 5.69 Å². The highest BCUT2D eigenvalue weighted by atomic mass is 35.5. The van der Waals surface area contributed by atoms with Gasteiger partial charge in [0.1, 0.15) is 0 Å². The van der Waals surface area contributed by atoms with Crippen LogP contribution in [0.1, 0.15) is 18.4 Å². The molecule has 5 nitrogen and oxygen atoms in total. The summed E-state index contributed by atoms with van der Waals surface area (Å²) in [6.07, 6.45) is 2.69. The SMILES string of the molecule is COc1cc(CC(Cl)C2CC2)c([N+](=O)[O-])cc1OC. The molecule has 1 fully saturated rings. The van der Waals surface area contributed by atoms with Crippen LogP contribution in [0.25, 0.3) is 0 Å². The Labute approximate surface area is 116 Å². The Morgan fingerprint density at radius 3 is 2.42 bits per heavy atom. The van der Waals surface area contributed by atoms with Gasteiger partial charge < -0.3 is 9.47 Å². The molecule has 0 bridgehead atoms. The fourth-order valence-electron chi connectivity index (χ4n) is 2.08. The quantitative estimate of drug-likeness (QED) is 0.457. The molecule has 0 heterocycles. The molecule has 0 aromatic heterocycles. The minimum Gasteiger partial charge on any atom is -0.493 e. The van der Waals surface area contributed by atoms with Crippen molar-refractivity contribution in [3.63, 3.8) is 0 Å². The molecule has 104 valence electrons. The van der Waals surface area contributed by atoms with Crippen LogP contribution in [-0.4, -0.2) is 24.5 Å². The Morgan fingerprint density at radius 2 is 1.95 bits per heavy atom. The van der Waals surface area contributed by atoms with Gasteiger partial charge in [0.15, 0.2) is 11.5 Å². The van der Waals surface area contributed by atoms with Crippen molar-refractivity contribution in [2.45, 2.75) is 24.6 Å². The third-order valence-corrected chi connectivity index (χ3v) is 3.84. The monoisotopic (exact) mass is 285 g/mol. The summed E-state index contributed by atoms with van der Waals surface area (Å²) in [5.74, 6) is 1.33. The third-order valence-electron chi connectivity index (χ3n) is 3.33. The van der Waals surface area contributed by atoms with Crippen LogP contribution in [0, 0.1) is 16.0 Å². The number of hydrogen-bond acceptors (Lipinski definition) is 4. The molecule has 1 saturated carbocycles. The van der Waals surface area contributed by atoms with E-state index >= 15 is 0 Å². The van der Waals surface area contributed by atoms with Crippen molar-refractivity contribution in [3.8, 4) is 11.5 Å². The van der Waals surface area contributed by atoms with E-state index in [0.717, 1.165) is 12.8 Å². The van der Waals surface area contributed by atoms with Crippen LogP contribution in [-0.2, 0) is 6.42 Å². The van der Waals surface area contributed by atoms with Crippen molar-refractivity contribution in [2.75, 3.05) is 14.2 Å². The molecule has 2 rings (SSSR count). The lowest BCUT2D eigenvalue weighted by atomic mass is 10.0. The number of nitro benzene ring substituents is 1. The van der Waals surface area contributed by atoms with Gasteiger partial charge in [0, 0.05) is 10.9 Å². The molecule has 0 amide bonds. The first-order valence-corrected chi connectivity index (χ1v) is 6.53. The van der Waals surface area contributed by atoms with Crippen LogP contribution in [0.2, 0.25) is 0 Å². The summed E-state index contributed by atoms with van der Waals surface area (Å²) in [7, 11) is 2.96. The summed E-state index contributed by atoms with van der Waals surface area (Å²) in [4.78, 5) is 10.7.